The van der Waals surface area contributed by atoms with E-state index in [2.05, 4.69) is 39.6 Å². The molecule has 0 bridgehead atoms. The predicted molar refractivity (Wildman–Crippen MR) is 130 cm³/mol. The van der Waals surface area contributed by atoms with Crippen LogP contribution in [0.4, 0.5) is 0 Å². The van der Waals surface area contributed by atoms with Crippen molar-refractivity contribution in [3.05, 3.63) is 71.9 Å². The molecule has 2 aromatic heterocycles. The zero-order valence-electron chi connectivity index (χ0n) is 19.6. The summed E-state index contributed by atoms with van der Waals surface area (Å²) in [5.41, 5.74) is 7.75. The zero-order valence-corrected chi connectivity index (χ0v) is 19.6. The van der Waals surface area contributed by atoms with Crippen LogP contribution in [-0.2, 0) is 6.42 Å². The molecule has 0 aliphatic carbocycles. The summed E-state index contributed by atoms with van der Waals surface area (Å²) in [5, 5.41) is 24.5. The number of H-pyrrole nitrogens is 1. The Morgan fingerprint density at radius 2 is 1.94 bits per heavy atom. The van der Waals surface area contributed by atoms with E-state index in [1.807, 2.05) is 36.4 Å². The lowest BCUT2D eigenvalue weighted by Crippen LogP contribution is -2.46. The van der Waals surface area contributed by atoms with Gasteiger partial charge in [-0.1, -0.05) is 18.2 Å². The smallest absolute Gasteiger partial charge is 0.250 e. The van der Waals surface area contributed by atoms with E-state index in [0.717, 1.165) is 12.0 Å². The normalized spacial score (nSPS) is 12.4. The van der Waals surface area contributed by atoms with Crippen LogP contribution in [0.1, 0.15) is 29.8 Å². The fourth-order valence-corrected chi connectivity index (χ4v) is 3.55. The third kappa shape index (κ3) is 6.52. The van der Waals surface area contributed by atoms with Crippen LogP contribution in [0, 0.1) is 0 Å². The molecule has 1 unspecified atom stereocenters. The number of aromatic nitrogens is 4. The largest absolute Gasteiger partial charge is 0.488 e. The predicted octanol–water partition coefficient (Wildman–Crippen LogP) is 2.59. The molecule has 0 saturated carbocycles. The lowest BCUT2D eigenvalue weighted by molar-refractivity contribution is 0.0994. The monoisotopic (exact) mass is 476 g/mol. The van der Waals surface area contributed by atoms with Gasteiger partial charge in [-0.25, -0.2) is 4.98 Å². The molecule has 2 heterocycles. The Morgan fingerprint density at radius 1 is 1.14 bits per heavy atom. The maximum absolute atomic E-state index is 11.1. The van der Waals surface area contributed by atoms with Crippen molar-refractivity contribution in [2.75, 3.05) is 13.2 Å². The summed E-state index contributed by atoms with van der Waals surface area (Å²) in [5.74, 6) is 1.05. The Kier molecular flexibility index (Phi) is 7.23. The highest BCUT2D eigenvalue weighted by atomic mass is 16.5. The first-order valence-electron chi connectivity index (χ1n) is 11.2. The number of carbonyl (C=O) groups is 1. The van der Waals surface area contributed by atoms with Gasteiger partial charge in [0.1, 0.15) is 29.7 Å². The summed E-state index contributed by atoms with van der Waals surface area (Å²) in [6.07, 6.45) is 1.43. The van der Waals surface area contributed by atoms with Gasteiger partial charge in [0.15, 0.2) is 5.52 Å². The zero-order chi connectivity index (χ0) is 24.8. The number of fused-ring (bicyclic) bond motifs is 1. The van der Waals surface area contributed by atoms with Gasteiger partial charge >= 0.3 is 0 Å². The minimum atomic E-state index is -0.694. The van der Waals surface area contributed by atoms with Crippen molar-refractivity contribution in [2.24, 2.45) is 5.73 Å². The minimum absolute atomic E-state index is 0.134. The number of aliphatic hydroxyl groups is 1. The molecule has 5 N–H and O–H groups in total. The molecule has 4 aromatic rings. The van der Waals surface area contributed by atoms with Gasteiger partial charge in [-0.3, -0.25) is 4.79 Å². The Balaban J connectivity index is 1.25. The van der Waals surface area contributed by atoms with Gasteiger partial charge in [-0.05, 0) is 56.2 Å². The fourth-order valence-electron chi connectivity index (χ4n) is 3.55. The molecule has 0 saturated heterocycles. The number of hydrogen-bond donors (Lipinski definition) is 4. The van der Waals surface area contributed by atoms with Gasteiger partial charge in [-0.2, -0.15) is 15.4 Å². The van der Waals surface area contributed by atoms with Gasteiger partial charge in [0.25, 0.3) is 0 Å². The number of nitrogens with one attached hydrogen (secondary N) is 2. The molecule has 0 spiro atoms. The molecule has 182 valence electrons. The number of aliphatic hydroxyl groups excluding tert-OH is 1. The number of pyridine rings is 1. The Morgan fingerprint density at radius 3 is 2.66 bits per heavy atom. The number of rotatable bonds is 11. The number of amides is 1. The molecule has 2 aromatic carbocycles. The number of nitrogens with zero attached hydrogens (tertiary/aromatic N) is 3. The van der Waals surface area contributed by atoms with E-state index < -0.39 is 12.0 Å². The van der Waals surface area contributed by atoms with Gasteiger partial charge in [0.2, 0.25) is 11.8 Å². The number of primary amides is 1. The maximum atomic E-state index is 11.1. The average molecular weight is 477 g/mol. The van der Waals surface area contributed by atoms with Crippen molar-refractivity contribution in [3.8, 4) is 17.4 Å². The maximum Gasteiger partial charge on any atom is 0.250 e. The second-order valence-electron chi connectivity index (χ2n) is 8.85. The second kappa shape index (κ2) is 10.5. The number of benzene rings is 2. The van der Waals surface area contributed by atoms with E-state index in [-0.39, 0.29) is 12.1 Å². The van der Waals surface area contributed by atoms with Gasteiger partial charge in [0, 0.05) is 24.3 Å². The third-order valence-electron chi connectivity index (χ3n) is 5.37. The highest BCUT2D eigenvalue weighted by Gasteiger charge is 2.20. The molecule has 35 heavy (non-hydrogen) atoms. The lowest BCUT2D eigenvalue weighted by atomic mass is 9.94. The summed E-state index contributed by atoms with van der Waals surface area (Å²) in [7, 11) is 0. The second-order valence-corrected chi connectivity index (χ2v) is 8.85. The van der Waals surface area contributed by atoms with Crippen molar-refractivity contribution in [1.29, 1.82) is 0 Å². The summed E-state index contributed by atoms with van der Waals surface area (Å²) < 4.78 is 11.5. The van der Waals surface area contributed by atoms with Crippen LogP contribution in [0.25, 0.3) is 11.0 Å². The van der Waals surface area contributed by atoms with Crippen LogP contribution >= 0.6 is 0 Å². The molecule has 1 atom stereocenters. The molecule has 0 aliphatic heterocycles. The molecule has 0 fully saturated rings. The SMILES string of the molecule is CC(C)(Cc1ccc(Oc2ccc(C(N)=O)cn2)cc1)NCC(O)COc1cccc2n[nH]nc12. The number of β-amino-alcohol motifs (C(OH)–C–C–N with tert-alkyl or cyclic N) is 1. The molecule has 10 heteroatoms. The number of para-hydroxylation sites is 1. The van der Waals surface area contributed by atoms with E-state index in [1.165, 1.54) is 6.20 Å². The number of nitrogens with two attached hydrogens (primary N) is 1. The Labute approximate surface area is 202 Å². The molecular formula is C25H28N6O4. The van der Waals surface area contributed by atoms with E-state index in [9.17, 15) is 9.90 Å². The van der Waals surface area contributed by atoms with Crippen molar-refractivity contribution in [3.63, 3.8) is 0 Å². The van der Waals surface area contributed by atoms with Crippen LogP contribution < -0.4 is 20.5 Å². The lowest BCUT2D eigenvalue weighted by Gasteiger charge is -2.28. The van der Waals surface area contributed by atoms with Crippen molar-refractivity contribution >= 4 is 16.9 Å². The Bertz CT molecular complexity index is 1270. The fraction of sp³-hybridized carbons (Fsp3) is 0.280. The molecule has 0 radical (unpaired) electrons. The third-order valence-corrected chi connectivity index (χ3v) is 5.37. The minimum Gasteiger partial charge on any atom is -0.488 e. The van der Waals surface area contributed by atoms with E-state index in [0.29, 0.717) is 40.5 Å². The van der Waals surface area contributed by atoms with Crippen molar-refractivity contribution in [1.82, 2.24) is 25.7 Å². The van der Waals surface area contributed by atoms with Crippen LogP contribution in [0.2, 0.25) is 0 Å². The average Bonchev–Trinajstić information content (AvgIpc) is 3.32. The summed E-state index contributed by atoms with van der Waals surface area (Å²) in [4.78, 5) is 15.2. The molecular weight excluding hydrogens is 448 g/mol. The summed E-state index contributed by atoms with van der Waals surface area (Å²) in [6, 6.07) is 16.3. The van der Waals surface area contributed by atoms with Crippen LogP contribution in [-0.4, -0.2) is 56.2 Å². The molecule has 1 amide bonds. The molecule has 0 aliphatic rings. The summed E-state index contributed by atoms with van der Waals surface area (Å²) >= 11 is 0. The number of carbonyl (C=O) groups excluding carboxylic acids is 1. The van der Waals surface area contributed by atoms with Crippen molar-refractivity contribution in [2.45, 2.75) is 31.9 Å². The standard InChI is InChI=1S/C25H28N6O4/c1-25(2,28-14-18(32)15-34-21-5-3-4-20-23(21)30-31-29-20)12-16-6-9-19(10-7-16)35-22-11-8-17(13-27-22)24(26)33/h3-11,13,18,28,32H,12,14-15H2,1-2H3,(H2,26,33)(H,29,30,31). The van der Waals surface area contributed by atoms with E-state index in [1.54, 1.807) is 18.2 Å². The quantitative estimate of drug-likeness (QED) is 0.258. The van der Waals surface area contributed by atoms with E-state index >= 15 is 0 Å². The van der Waals surface area contributed by atoms with Crippen LogP contribution in [0.15, 0.2) is 60.8 Å². The summed E-state index contributed by atoms with van der Waals surface area (Å²) in [6.45, 7) is 4.65. The number of ether oxygens (including phenoxy) is 2. The topological polar surface area (TPSA) is 148 Å². The first-order chi connectivity index (χ1) is 16.8. The molecule has 4 rings (SSSR count). The van der Waals surface area contributed by atoms with E-state index in [4.69, 9.17) is 15.2 Å². The van der Waals surface area contributed by atoms with Crippen molar-refractivity contribution < 1.29 is 19.4 Å². The van der Waals surface area contributed by atoms with Gasteiger partial charge < -0.3 is 25.6 Å². The number of hydrogen-bond acceptors (Lipinski definition) is 8. The first kappa shape index (κ1) is 24.1. The van der Waals surface area contributed by atoms with Crippen LogP contribution in [0.5, 0.6) is 17.4 Å². The highest BCUT2D eigenvalue weighted by molar-refractivity contribution is 5.92. The van der Waals surface area contributed by atoms with Crippen LogP contribution in [0.3, 0.4) is 0 Å². The number of aromatic amines is 1. The first-order valence-corrected chi connectivity index (χ1v) is 11.2. The molecule has 10 nitrogen and oxygen atoms in total. The Hall–Kier alpha value is -4.02. The highest BCUT2D eigenvalue weighted by Crippen LogP contribution is 2.23. The van der Waals surface area contributed by atoms with Gasteiger partial charge in [0.05, 0.1) is 5.56 Å². The van der Waals surface area contributed by atoms with Gasteiger partial charge in [-0.15, -0.1) is 0 Å².